The normalized spacial score (nSPS) is 10.5. The Labute approximate surface area is 144 Å². The molecule has 2 rings (SSSR count). The van der Waals surface area contributed by atoms with Gasteiger partial charge in [0.25, 0.3) is 11.2 Å². The van der Waals surface area contributed by atoms with Crippen LogP contribution in [0.1, 0.15) is 31.0 Å². The maximum absolute atomic E-state index is 12.1. The molecule has 0 unspecified atom stereocenters. The summed E-state index contributed by atoms with van der Waals surface area (Å²) >= 11 is 0. The number of nitro groups is 1. The van der Waals surface area contributed by atoms with Crippen molar-refractivity contribution in [2.75, 3.05) is 5.32 Å². The summed E-state index contributed by atoms with van der Waals surface area (Å²) in [6, 6.07) is 5.62. The molecule has 0 saturated carbocycles. The number of nitrogens with one attached hydrogen (secondary N) is 1. The minimum absolute atomic E-state index is 0.0430. The fourth-order valence-corrected chi connectivity index (χ4v) is 2.32. The number of unbranched alkanes of at least 4 members (excludes halogenated alkanes) is 1. The van der Waals surface area contributed by atoms with E-state index in [0.29, 0.717) is 11.3 Å². The summed E-state index contributed by atoms with van der Waals surface area (Å²) in [5, 5.41) is 13.4. The van der Waals surface area contributed by atoms with Gasteiger partial charge in [-0.05, 0) is 31.4 Å². The van der Waals surface area contributed by atoms with Crippen molar-refractivity contribution in [2.45, 2.75) is 39.7 Å². The molecule has 0 spiro atoms. The van der Waals surface area contributed by atoms with Gasteiger partial charge in [0.05, 0.1) is 11.3 Å². The zero-order valence-corrected chi connectivity index (χ0v) is 14.2. The number of aromatic nitrogens is 2. The highest BCUT2D eigenvalue weighted by atomic mass is 16.6. The third-order valence-electron chi connectivity index (χ3n) is 3.73. The van der Waals surface area contributed by atoms with E-state index in [4.69, 9.17) is 0 Å². The van der Waals surface area contributed by atoms with E-state index in [1.54, 1.807) is 6.92 Å². The summed E-state index contributed by atoms with van der Waals surface area (Å²) in [5.41, 5.74) is 1.43. The number of carbonyl (C=O) groups is 1. The molecule has 1 heterocycles. The van der Waals surface area contributed by atoms with Gasteiger partial charge in [0.2, 0.25) is 5.91 Å². The van der Waals surface area contributed by atoms with Crippen LogP contribution in [0.2, 0.25) is 0 Å². The quantitative estimate of drug-likeness (QED) is 0.613. The fourth-order valence-electron chi connectivity index (χ4n) is 2.32. The third kappa shape index (κ3) is 4.97. The number of non-ortho nitro benzene ring substituents is 1. The topological polar surface area (TPSA) is 107 Å². The molecule has 0 saturated heterocycles. The highest BCUT2D eigenvalue weighted by Crippen LogP contribution is 2.21. The van der Waals surface area contributed by atoms with Gasteiger partial charge in [0, 0.05) is 29.6 Å². The molecular weight excluding hydrogens is 324 g/mol. The number of anilines is 1. The average molecular weight is 344 g/mol. The molecule has 0 aliphatic rings. The van der Waals surface area contributed by atoms with Crippen molar-refractivity contribution in [3.05, 3.63) is 62.3 Å². The number of aryl methyl sites for hydroxylation is 2. The van der Waals surface area contributed by atoms with Crippen molar-refractivity contribution in [3.8, 4) is 0 Å². The molecule has 1 N–H and O–H groups in total. The van der Waals surface area contributed by atoms with Gasteiger partial charge in [-0.3, -0.25) is 24.3 Å². The lowest BCUT2D eigenvalue weighted by Gasteiger charge is -2.10. The number of rotatable bonds is 7. The average Bonchev–Trinajstić information content (AvgIpc) is 2.56. The molecule has 1 aromatic heterocycles. The van der Waals surface area contributed by atoms with Crippen LogP contribution in [0.4, 0.5) is 11.4 Å². The summed E-state index contributed by atoms with van der Waals surface area (Å²) < 4.78 is 1.23. The number of benzene rings is 1. The smallest absolute Gasteiger partial charge is 0.269 e. The molecule has 8 heteroatoms. The molecule has 25 heavy (non-hydrogen) atoms. The first kappa shape index (κ1) is 18.3. The first-order valence-corrected chi connectivity index (χ1v) is 8.01. The van der Waals surface area contributed by atoms with E-state index in [0.717, 1.165) is 25.0 Å². The number of carbonyl (C=O) groups excluding carboxylic acids is 1. The largest absolute Gasteiger partial charge is 0.324 e. The van der Waals surface area contributed by atoms with Crippen molar-refractivity contribution in [1.29, 1.82) is 0 Å². The Hall–Kier alpha value is -3.03. The molecule has 8 nitrogen and oxygen atoms in total. The molecule has 0 aliphatic carbocycles. The maximum Gasteiger partial charge on any atom is 0.269 e. The minimum atomic E-state index is -0.496. The molecule has 2 aromatic rings. The summed E-state index contributed by atoms with van der Waals surface area (Å²) in [6.45, 7) is 3.56. The fraction of sp³-hybridized carbons (Fsp3) is 0.353. The molecular formula is C17H20N4O4. The summed E-state index contributed by atoms with van der Waals surface area (Å²) in [5.74, 6) is -0.401. The van der Waals surface area contributed by atoms with E-state index in [9.17, 15) is 19.7 Å². The lowest BCUT2D eigenvalue weighted by Crippen LogP contribution is -2.28. The van der Waals surface area contributed by atoms with E-state index in [1.165, 1.54) is 35.2 Å². The number of hydrogen-bond acceptors (Lipinski definition) is 5. The molecule has 0 bridgehead atoms. The van der Waals surface area contributed by atoms with Gasteiger partial charge in [0.1, 0.15) is 6.54 Å². The first-order chi connectivity index (χ1) is 11.9. The Bertz CT molecular complexity index is 845. The van der Waals surface area contributed by atoms with Crippen molar-refractivity contribution in [2.24, 2.45) is 0 Å². The Balaban J connectivity index is 2.05. The summed E-state index contributed by atoms with van der Waals surface area (Å²) in [6.07, 6.45) is 4.08. The lowest BCUT2D eigenvalue weighted by atomic mass is 10.2. The molecule has 0 aliphatic heterocycles. The van der Waals surface area contributed by atoms with Crippen molar-refractivity contribution < 1.29 is 9.72 Å². The predicted molar refractivity (Wildman–Crippen MR) is 93.6 cm³/mol. The third-order valence-corrected chi connectivity index (χ3v) is 3.73. The number of hydrogen-bond donors (Lipinski definition) is 1. The monoisotopic (exact) mass is 344 g/mol. The molecule has 0 fully saturated rings. The van der Waals surface area contributed by atoms with Gasteiger partial charge >= 0.3 is 0 Å². The van der Waals surface area contributed by atoms with Crippen LogP contribution in [0.15, 0.2) is 35.4 Å². The van der Waals surface area contributed by atoms with Crippen LogP contribution in [0.25, 0.3) is 0 Å². The van der Waals surface area contributed by atoms with E-state index in [2.05, 4.69) is 17.2 Å². The van der Waals surface area contributed by atoms with Crippen molar-refractivity contribution in [1.82, 2.24) is 9.55 Å². The molecule has 0 radical (unpaired) electrons. The van der Waals surface area contributed by atoms with E-state index < -0.39 is 10.8 Å². The minimum Gasteiger partial charge on any atom is -0.324 e. The van der Waals surface area contributed by atoms with Gasteiger partial charge in [-0.2, -0.15) is 0 Å². The maximum atomic E-state index is 12.1. The second kappa shape index (κ2) is 8.18. The zero-order chi connectivity index (χ0) is 18.4. The van der Waals surface area contributed by atoms with Crippen LogP contribution in [0.3, 0.4) is 0 Å². The van der Waals surface area contributed by atoms with Crippen LogP contribution in [-0.4, -0.2) is 20.4 Å². The predicted octanol–water partition coefficient (Wildman–Crippen LogP) is 2.44. The highest BCUT2D eigenvalue weighted by molar-refractivity contribution is 5.91. The highest BCUT2D eigenvalue weighted by Gasteiger charge is 2.11. The van der Waals surface area contributed by atoms with Gasteiger partial charge < -0.3 is 5.32 Å². The van der Waals surface area contributed by atoms with Gasteiger partial charge in [0.15, 0.2) is 0 Å². The van der Waals surface area contributed by atoms with E-state index >= 15 is 0 Å². The Morgan fingerprint density at radius 1 is 1.36 bits per heavy atom. The molecule has 1 amide bonds. The van der Waals surface area contributed by atoms with E-state index in [-0.39, 0.29) is 17.8 Å². The number of nitro benzene ring substituents is 1. The van der Waals surface area contributed by atoms with Crippen molar-refractivity contribution >= 4 is 17.3 Å². The first-order valence-electron chi connectivity index (χ1n) is 8.01. The SMILES string of the molecule is CCCCc1cc(=O)n(CC(=O)Nc2ccc([N+](=O)[O-])cc2C)cn1. The summed E-state index contributed by atoms with van der Waals surface area (Å²) in [7, 11) is 0. The molecule has 132 valence electrons. The number of nitrogens with zero attached hydrogens (tertiary/aromatic N) is 3. The van der Waals surface area contributed by atoms with Crippen LogP contribution in [0, 0.1) is 17.0 Å². The zero-order valence-electron chi connectivity index (χ0n) is 14.2. The molecule has 1 aromatic carbocycles. The number of amides is 1. The Morgan fingerprint density at radius 2 is 2.12 bits per heavy atom. The van der Waals surface area contributed by atoms with Crippen LogP contribution < -0.4 is 10.9 Å². The van der Waals surface area contributed by atoms with Crippen molar-refractivity contribution in [3.63, 3.8) is 0 Å². The Morgan fingerprint density at radius 3 is 2.72 bits per heavy atom. The van der Waals surface area contributed by atoms with Crippen LogP contribution in [0.5, 0.6) is 0 Å². The van der Waals surface area contributed by atoms with Crippen LogP contribution in [-0.2, 0) is 17.8 Å². The standard InChI is InChI=1S/C17H20N4O4/c1-3-4-5-13-9-17(23)20(11-18-13)10-16(22)19-15-7-6-14(21(24)25)8-12(15)2/h6-9,11H,3-5,10H2,1-2H3,(H,19,22). The lowest BCUT2D eigenvalue weighted by molar-refractivity contribution is -0.384. The van der Waals surface area contributed by atoms with Gasteiger partial charge in [-0.25, -0.2) is 4.98 Å². The second-order valence-corrected chi connectivity index (χ2v) is 5.75. The molecule has 0 atom stereocenters. The second-order valence-electron chi connectivity index (χ2n) is 5.75. The van der Waals surface area contributed by atoms with Crippen LogP contribution >= 0.6 is 0 Å². The van der Waals surface area contributed by atoms with Gasteiger partial charge in [-0.15, -0.1) is 0 Å². The van der Waals surface area contributed by atoms with Gasteiger partial charge in [-0.1, -0.05) is 13.3 Å². The summed E-state index contributed by atoms with van der Waals surface area (Å²) in [4.78, 5) is 38.6. The Kier molecular flexibility index (Phi) is 5.99. The van der Waals surface area contributed by atoms with E-state index in [1.807, 2.05) is 0 Å².